The van der Waals surface area contributed by atoms with Gasteiger partial charge in [0, 0.05) is 37.8 Å². The van der Waals surface area contributed by atoms with Gasteiger partial charge in [-0.25, -0.2) is 0 Å². The Morgan fingerprint density at radius 1 is 1.39 bits per heavy atom. The highest BCUT2D eigenvalue weighted by atomic mass is 16.6. The Morgan fingerprint density at radius 2 is 2.09 bits per heavy atom. The van der Waals surface area contributed by atoms with Gasteiger partial charge in [-0.15, -0.1) is 0 Å². The maximum atomic E-state index is 12.8. The summed E-state index contributed by atoms with van der Waals surface area (Å²) in [5.41, 5.74) is 0.968. The van der Waals surface area contributed by atoms with E-state index in [1.54, 1.807) is 12.1 Å². The highest BCUT2D eigenvalue weighted by Crippen LogP contribution is 2.30. The smallest absolute Gasteiger partial charge is 0.269 e. The van der Waals surface area contributed by atoms with E-state index in [2.05, 4.69) is 4.90 Å². The average Bonchev–Trinajstić information content (AvgIpc) is 3.37. The molecule has 1 aromatic rings. The maximum absolute atomic E-state index is 12.8. The summed E-state index contributed by atoms with van der Waals surface area (Å²) in [6.07, 6.45) is 1.62. The standard InChI is InChI=1S/C16H21N3O4/c1-17-8-9-23-15(11-17)16(20)18(13-6-7-13)10-12-2-4-14(5-3-12)19(21)22/h2-5,13,15H,6-11H2,1H3/t15-/m0/s1. The molecule has 0 aromatic heterocycles. The van der Waals surface area contributed by atoms with Crippen LogP contribution in [0.4, 0.5) is 5.69 Å². The van der Waals surface area contributed by atoms with E-state index >= 15 is 0 Å². The summed E-state index contributed by atoms with van der Waals surface area (Å²) < 4.78 is 5.64. The van der Waals surface area contributed by atoms with Crippen LogP contribution < -0.4 is 0 Å². The van der Waals surface area contributed by atoms with E-state index in [0.717, 1.165) is 24.9 Å². The summed E-state index contributed by atoms with van der Waals surface area (Å²) in [4.78, 5) is 27.0. The van der Waals surface area contributed by atoms with Gasteiger partial charge < -0.3 is 14.5 Å². The summed E-state index contributed by atoms with van der Waals surface area (Å²) in [5, 5.41) is 10.7. The molecule has 1 aliphatic carbocycles. The van der Waals surface area contributed by atoms with Gasteiger partial charge in [0.05, 0.1) is 11.5 Å². The van der Waals surface area contributed by atoms with Crippen LogP contribution in [-0.4, -0.2) is 59.5 Å². The van der Waals surface area contributed by atoms with Crippen molar-refractivity contribution in [2.24, 2.45) is 0 Å². The van der Waals surface area contributed by atoms with Crippen LogP contribution in [0.1, 0.15) is 18.4 Å². The van der Waals surface area contributed by atoms with E-state index in [1.165, 1.54) is 12.1 Å². The second-order valence-corrected chi connectivity index (χ2v) is 6.24. The van der Waals surface area contributed by atoms with Crippen molar-refractivity contribution in [3.63, 3.8) is 0 Å². The molecule has 1 saturated heterocycles. The Hall–Kier alpha value is -1.99. The third kappa shape index (κ3) is 3.86. The van der Waals surface area contributed by atoms with Crippen molar-refractivity contribution in [3.05, 3.63) is 39.9 Å². The minimum atomic E-state index is -0.417. The summed E-state index contributed by atoms with van der Waals surface area (Å²) in [7, 11) is 1.99. The number of hydrogen-bond donors (Lipinski definition) is 0. The highest BCUT2D eigenvalue weighted by Gasteiger charge is 2.37. The third-order valence-corrected chi connectivity index (χ3v) is 4.32. The molecule has 1 aromatic carbocycles. The Labute approximate surface area is 135 Å². The molecule has 1 amide bonds. The van der Waals surface area contributed by atoms with Gasteiger partial charge >= 0.3 is 0 Å². The van der Waals surface area contributed by atoms with Gasteiger partial charge in [0.1, 0.15) is 6.10 Å². The van der Waals surface area contributed by atoms with Gasteiger partial charge in [0.25, 0.3) is 11.6 Å². The molecule has 7 heteroatoms. The molecule has 3 rings (SSSR count). The lowest BCUT2D eigenvalue weighted by molar-refractivity contribution is -0.384. The first-order chi connectivity index (χ1) is 11.0. The molecule has 1 atom stereocenters. The van der Waals surface area contributed by atoms with Crippen molar-refractivity contribution in [1.29, 1.82) is 0 Å². The fraction of sp³-hybridized carbons (Fsp3) is 0.562. The molecule has 1 saturated carbocycles. The molecular formula is C16H21N3O4. The maximum Gasteiger partial charge on any atom is 0.269 e. The SMILES string of the molecule is CN1CCO[C@H](C(=O)N(Cc2ccc([N+](=O)[O-])cc2)C2CC2)C1. The Bertz CT molecular complexity index is 585. The molecule has 0 bridgehead atoms. The normalized spacial score (nSPS) is 21.9. The van der Waals surface area contributed by atoms with E-state index in [4.69, 9.17) is 4.74 Å². The third-order valence-electron chi connectivity index (χ3n) is 4.32. The van der Waals surface area contributed by atoms with Crippen LogP contribution in [0, 0.1) is 10.1 Å². The van der Waals surface area contributed by atoms with E-state index in [1.807, 2.05) is 11.9 Å². The Morgan fingerprint density at radius 3 is 2.65 bits per heavy atom. The number of ether oxygens (including phenoxy) is 1. The zero-order valence-corrected chi connectivity index (χ0v) is 13.2. The average molecular weight is 319 g/mol. The predicted molar refractivity (Wildman–Crippen MR) is 83.9 cm³/mol. The molecular weight excluding hydrogens is 298 g/mol. The lowest BCUT2D eigenvalue weighted by Gasteiger charge is -2.33. The number of nitro groups is 1. The van der Waals surface area contributed by atoms with Gasteiger partial charge in [0.15, 0.2) is 0 Å². The number of rotatable bonds is 5. The van der Waals surface area contributed by atoms with Gasteiger partial charge in [-0.3, -0.25) is 14.9 Å². The van der Waals surface area contributed by atoms with Crippen LogP contribution >= 0.6 is 0 Å². The first-order valence-corrected chi connectivity index (χ1v) is 7.88. The molecule has 2 fully saturated rings. The fourth-order valence-electron chi connectivity index (χ4n) is 2.81. The fourth-order valence-corrected chi connectivity index (χ4v) is 2.81. The van der Waals surface area contributed by atoms with Crippen LogP contribution in [-0.2, 0) is 16.1 Å². The summed E-state index contributed by atoms with van der Waals surface area (Å²) in [5.74, 6) is 0.0254. The van der Waals surface area contributed by atoms with Crippen LogP contribution in [0.25, 0.3) is 0 Å². The van der Waals surface area contributed by atoms with Crippen molar-refractivity contribution in [3.8, 4) is 0 Å². The molecule has 1 aliphatic heterocycles. The van der Waals surface area contributed by atoms with Gasteiger partial charge in [-0.2, -0.15) is 0 Å². The lowest BCUT2D eigenvalue weighted by atomic mass is 10.1. The topological polar surface area (TPSA) is 75.9 Å². The molecule has 0 spiro atoms. The molecule has 1 heterocycles. The van der Waals surface area contributed by atoms with E-state index in [0.29, 0.717) is 19.7 Å². The number of nitro benzene ring substituents is 1. The second kappa shape index (κ2) is 6.64. The number of amides is 1. The van der Waals surface area contributed by atoms with Gasteiger partial charge in [-0.05, 0) is 25.5 Å². The Balaban J connectivity index is 1.69. The van der Waals surface area contributed by atoms with Crippen LogP contribution in [0.3, 0.4) is 0 Å². The summed E-state index contributed by atoms with van der Waals surface area (Å²) >= 11 is 0. The summed E-state index contributed by atoms with van der Waals surface area (Å²) in [6.45, 7) is 2.51. The molecule has 0 radical (unpaired) electrons. The Kier molecular flexibility index (Phi) is 4.58. The van der Waals surface area contributed by atoms with Crippen LogP contribution in [0.15, 0.2) is 24.3 Å². The number of benzene rings is 1. The number of morpholine rings is 1. The minimum absolute atomic E-state index is 0.0254. The quantitative estimate of drug-likeness (QED) is 0.606. The van der Waals surface area contributed by atoms with Crippen molar-refractivity contribution in [1.82, 2.24) is 9.80 Å². The van der Waals surface area contributed by atoms with Crippen LogP contribution in [0.5, 0.6) is 0 Å². The van der Waals surface area contributed by atoms with Crippen molar-refractivity contribution in [2.45, 2.75) is 31.5 Å². The number of nitrogens with zero attached hydrogens (tertiary/aromatic N) is 3. The van der Waals surface area contributed by atoms with E-state index < -0.39 is 11.0 Å². The van der Waals surface area contributed by atoms with Crippen molar-refractivity contribution < 1.29 is 14.5 Å². The van der Waals surface area contributed by atoms with E-state index in [-0.39, 0.29) is 17.6 Å². The second-order valence-electron chi connectivity index (χ2n) is 6.24. The monoisotopic (exact) mass is 319 g/mol. The van der Waals surface area contributed by atoms with Crippen molar-refractivity contribution in [2.75, 3.05) is 26.7 Å². The molecule has 2 aliphatic rings. The number of hydrogen-bond acceptors (Lipinski definition) is 5. The molecule has 124 valence electrons. The highest BCUT2D eigenvalue weighted by molar-refractivity contribution is 5.82. The number of carbonyl (C=O) groups is 1. The number of carbonyl (C=O) groups excluding carboxylic acids is 1. The largest absolute Gasteiger partial charge is 0.366 e. The minimum Gasteiger partial charge on any atom is -0.366 e. The van der Waals surface area contributed by atoms with Gasteiger partial charge in [-0.1, -0.05) is 12.1 Å². The number of likely N-dealkylation sites (N-methyl/N-ethyl adjacent to an activating group) is 1. The van der Waals surface area contributed by atoms with Gasteiger partial charge in [0.2, 0.25) is 0 Å². The van der Waals surface area contributed by atoms with Crippen LogP contribution in [0.2, 0.25) is 0 Å². The first kappa shape index (κ1) is 15.9. The zero-order chi connectivity index (χ0) is 16.4. The molecule has 23 heavy (non-hydrogen) atoms. The van der Waals surface area contributed by atoms with E-state index in [9.17, 15) is 14.9 Å². The zero-order valence-electron chi connectivity index (χ0n) is 13.2. The summed E-state index contributed by atoms with van der Waals surface area (Å²) in [6, 6.07) is 6.67. The van der Waals surface area contributed by atoms with Crippen molar-refractivity contribution >= 4 is 11.6 Å². The first-order valence-electron chi connectivity index (χ1n) is 7.88. The molecule has 0 N–H and O–H groups in total. The predicted octanol–water partition coefficient (Wildman–Crippen LogP) is 1.42. The molecule has 0 unspecified atom stereocenters. The number of non-ortho nitro benzene ring substituents is 1. The molecule has 7 nitrogen and oxygen atoms in total. The lowest BCUT2D eigenvalue weighted by Crippen LogP contribution is -2.50.